The number of para-hydroxylation sites is 2. The number of anilines is 1. The summed E-state index contributed by atoms with van der Waals surface area (Å²) >= 11 is 1.22. The van der Waals surface area contributed by atoms with E-state index in [1.807, 2.05) is 35.8 Å². The molecule has 0 aliphatic carbocycles. The fourth-order valence-corrected chi connectivity index (χ4v) is 3.87. The summed E-state index contributed by atoms with van der Waals surface area (Å²) in [6.07, 6.45) is 2.40. The van der Waals surface area contributed by atoms with Crippen molar-refractivity contribution in [1.82, 2.24) is 19.1 Å². The highest BCUT2D eigenvalue weighted by atomic mass is 32.2. The van der Waals surface area contributed by atoms with Crippen molar-refractivity contribution in [3.8, 4) is 0 Å². The third kappa shape index (κ3) is 3.65. The number of thioether (sulfide) groups is 1. The van der Waals surface area contributed by atoms with Crippen LogP contribution >= 0.6 is 11.8 Å². The smallest absolute Gasteiger partial charge is 0.329 e. The van der Waals surface area contributed by atoms with Crippen LogP contribution in [0.2, 0.25) is 0 Å². The van der Waals surface area contributed by atoms with Crippen LogP contribution < -0.4 is 17.0 Å². The summed E-state index contributed by atoms with van der Waals surface area (Å²) in [4.78, 5) is 43.5. The number of H-pyrrole nitrogens is 1. The lowest BCUT2D eigenvalue weighted by Gasteiger charge is -2.11. The second-order valence-corrected chi connectivity index (χ2v) is 7.11. The number of rotatable bonds is 8. The molecule has 0 radical (unpaired) electrons. The molecule has 2 heterocycles. The van der Waals surface area contributed by atoms with Crippen molar-refractivity contribution in [2.45, 2.75) is 31.6 Å². The SMILES string of the molecule is C=CCn1c(SCC(=O)c2c(N)n(CCC)c(=O)[nH]c2=O)nc2ccccc21. The maximum Gasteiger partial charge on any atom is 0.329 e. The van der Waals surface area contributed by atoms with Gasteiger partial charge in [0.2, 0.25) is 0 Å². The van der Waals surface area contributed by atoms with E-state index in [-0.39, 0.29) is 17.1 Å². The number of nitrogens with one attached hydrogen (secondary N) is 1. The molecule has 0 amide bonds. The number of ketones is 1. The van der Waals surface area contributed by atoms with Crippen molar-refractivity contribution < 1.29 is 4.79 Å². The first-order chi connectivity index (χ1) is 13.5. The Morgan fingerprint density at radius 2 is 2.07 bits per heavy atom. The molecule has 9 heteroatoms. The summed E-state index contributed by atoms with van der Waals surface area (Å²) in [6, 6.07) is 7.65. The van der Waals surface area contributed by atoms with E-state index in [1.165, 1.54) is 16.3 Å². The number of fused-ring (bicyclic) bond motifs is 1. The lowest BCUT2D eigenvalue weighted by Crippen LogP contribution is -2.36. The number of hydrogen-bond acceptors (Lipinski definition) is 6. The van der Waals surface area contributed by atoms with E-state index in [4.69, 9.17) is 5.73 Å². The van der Waals surface area contributed by atoms with Crippen LogP contribution in [0.1, 0.15) is 23.7 Å². The number of Topliss-reactive ketones (excluding diaryl/α,β-unsaturated/α-hetero) is 1. The Balaban J connectivity index is 1.91. The minimum absolute atomic E-state index is 0.0297. The first-order valence-electron chi connectivity index (χ1n) is 8.82. The second kappa shape index (κ2) is 8.30. The van der Waals surface area contributed by atoms with Gasteiger partial charge in [0.25, 0.3) is 5.56 Å². The average Bonchev–Trinajstić information content (AvgIpc) is 3.01. The number of nitrogen functional groups attached to an aromatic ring is 1. The highest BCUT2D eigenvalue weighted by Crippen LogP contribution is 2.25. The molecule has 8 nitrogen and oxygen atoms in total. The zero-order chi connectivity index (χ0) is 20.3. The van der Waals surface area contributed by atoms with Crippen molar-refractivity contribution in [3.05, 3.63) is 63.3 Å². The summed E-state index contributed by atoms with van der Waals surface area (Å²) in [5.41, 5.74) is 6.15. The number of hydrogen-bond donors (Lipinski definition) is 2. The molecule has 146 valence electrons. The molecule has 1 aromatic carbocycles. The number of benzene rings is 1. The van der Waals surface area contributed by atoms with Gasteiger partial charge < -0.3 is 10.3 Å². The lowest BCUT2D eigenvalue weighted by atomic mass is 10.2. The molecule has 0 aliphatic heterocycles. The van der Waals surface area contributed by atoms with Crippen molar-refractivity contribution in [2.24, 2.45) is 0 Å². The van der Waals surface area contributed by atoms with Gasteiger partial charge in [0, 0.05) is 13.1 Å². The standard InChI is InChI=1S/C19H21N5O3S/c1-3-9-23-13-8-6-5-7-12(13)21-19(23)28-11-14(25)15-16(20)24(10-4-2)18(27)22-17(15)26/h3,5-8H,1,4,9-11,20H2,2H3,(H,22,26,27). The van der Waals surface area contributed by atoms with Crippen LogP contribution in [0.5, 0.6) is 0 Å². The predicted octanol–water partition coefficient (Wildman–Crippen LogP) is 2.04. The van der Waals surface area contributed by atoms with E-state index >= 15 is 0 Å². The Labute approximate surface area is 165 Å². The van der Waals surface area contributed by atoms with Crippen LogP contribution in [0.4, 0.5) is 5.82 Å². The molecule has 3 rings (SSSR count). The van der Waals surface area contributed by atoms with Crippen molar-refractivity contribution in [3.63, 3.8) is 0 Å². The molecule has 0 saturated heterocycles. The van der Waals surface area contributed by atoms with E-state index in [0.717, 1.165) is 11.0 Å². The van der Waals surface area contributed by atoms with Gasteiger partial charge >= 0.3 is 5.69 Å². The van der Waals surface area contributed by atoms with Crippen molar-refractivity contribution >= 4 is 34.4 Å². The molecule has 0 saturated carbocycles. The van der Waals surface area contributed by atoms with Gasteiger partial charge in [-0.3, -0.25) is 19.1 Å². The highest BCUT2D eigenvalue weighted by Gasteiger charge is 2.20. The summed E-state index contributed by atoms with van der Waals surface area (Å²) in [5.74, 6) is -0.579. The van der Waals surface area contributed by atoms with E-state index in [9.17, 15) is 14.4 Å². The number of nitrogens with two attached hydrogens (primary N) is 1. The van der Waals surface area contributed by atoms with E-state index < -0.39 is 17.0 Å². The fraction of sp³-hybridized carbons (Fsp3) is 0.263. The summed E-state index contributed by atoms with van der Waals surface area (Å²) in [7, 11) is 0. The van der Waals surface area contributed by atoms with Crippen molar-refractivity contribution in [1.29, 1.82) is 0 Å². The minimum Gasteiger partial charge on any atom is -0.384 e. The van der Waals surface area contributed by atoms with Gasteiger partial charge in [-0.2, -0.15) is 0 Å². The molecule has 0 atom stereocenters. The summed E-state index contributed by atoms with van der Waals surface area (Å²) < 4.78 is 3.16. The zero-order valence-corrected chi connectivity index (χ0v) is 16.3. The van der Waals surface area contributed by atoms with Crippen LogP contribution in [0.25, 0.3) is 11.0 Å². The molecule has 0 unspecified atom stereocenters. The van der Waals surface area contributed by atoms with Crippen LogP contribution in [0.3, 0.4) is 0 Å². The molecule has 28 heavy (non-hydrogen) atoms. The number of carbonyl (C=O) groups is 1. The van der Waals surface area contributed by atoms with Gasteiger partial charge in [-0.25, -0.2) is 9.78 Å². The zero-order valence-electron chi connectivity index (χ0n) is 15.5. The molecule has 0 spiro atoms. The molecule has 3 N–H and O–H groups in total. The first-order valence-corrected chi connectivity index (χ1v) is 9.81. The van der Waals surface area contributed by atoms with Gasteiger partial charge in [0.15, 0.2) is 10.9 Å². The number of imidazole rings is 1. The Kier molecular flexibility index (Phi) is 5.84. The summed E-state index contributed by atoms with van der Waals surface area (Å²) in [5, 5.41) is 0.645. The Morgan fingerprint density at radius 3 is 2.79 bits per heavy atom. The van der Waals surface area contributed by atoms with Crippen LogP contribution in [-0.2, 0) is 13.1 Å². The van der Waals surface area contributed by atoms with Crippen LogP contribution in [-0.4, -0.2) is 30.6 Å². The lowest BCUT2D eigenvalue weighted by molar-refractivity contribution is 0.102. The van der Waals surface area contributed by atoms with Crippen LogP contribution in [0.15, 0.2) is 51.7 Å². The number of aromatic nitrogens is 4. The molecular weight excluding hydrogens is 378 g/mol. The van der Waals surface area contributed by atoms with Gasteiger partial charge in [0.1, 0.15) is 11.4 Å². The number of aromatic amines is 1. The quantitative estimate of drug-likeness (QED) is 0.340. The van der Waals surface area contributed by atoms with E-state index in [2.05, 4.69) is 16.5 Å². The molecular formula is C19H21N5O3S. The van der Waals surface area contributed by atoms with Crippen molar-refractivity contribution in [2.75, 3.05) is 11.5 Å². The Morgan fingerprint density at radius 1 is 1.32 bits per heavy atom. The maximum absolute atomic E-state index is 12.7. The van der Waals surface area contributed by atoms with Gasteiger partial charge in [-0.05, 0) is 18.6 Å². The highest BCUT2D eigenvalue weighted by molar-refractivity contribution is 7.99. The molecule has 0 fully saturated rings. The van der Waals surface area contributed by atoms with E-state index in [1.54, 1.807) is 6.08 Å². The monoisotopic (exact) mass is 399 g/mol. The Hall–Kier alpha value is -3.07. The molecule has 0 aliphatic rings. The first kappa shape index (κ1) is 19.7. The number of carbonyl (C=O) groups excluding carboxylic acids is 1. The van der Waals surface area contributed by atoms with Gasteiger partial charge in [0.05, 0.1) is 16.8 Å². The fourth-order valence-electron chi connectivity index (χ4n) is 2.97. The topological polar surface area (TPSA) is 116 Å². The Bertz CT molecular complexity index is 1160. The van der Waals surface area contributed by atoms with Gasteiger partial charge in [-0.1, -0.05) is 36.9 Å². The third-order valence-corrected chi connectivity index (χ3v) is 5.21. The number of allylic oxidation sites excluding steroid dienone is 1. The second-order valence-electron chi connectivity index (χ2n) is 6.17. The van der Waals surface area contributed by atoms with E-state index in [0.29, 0.717) is 24.7 Å². The largest absolute Gasteiger partial charge is 0.384 e. The molecule has 3 aromatic rings. The predicted molar refractivity (Wildman–Crippen MR) is 111 cm³/mol. The number of nitrogens with zero attached hydrogens (tertiary/aromatic N) is 3. The summed E-state index contributed by atoms with van der Waals surface area (Å²) in [6.45, 7) is 6.51. The minimum atomic E-state index is -0.764. The maximum atomic E-state index is 12.7. The molecule has 2 aromatic heterocycles. The molecule has 0 bridgehead atoms. The normalized spacial score (nSPS) is 11.0. The average molecular weight is 399 g/mol. The van der Waals surface area contributed by atoms with Crippen LogP contribution in [0, 0.1) is 0 Å². The third-order valence-electron chi connectivity index (χ3n) is 4.23. The van der Waals surface area contributed by atoms with Gasteiger partial charge in [-0.15, -0.1) is 6.58 Å².